The maximum absolute atomic E-state index is 12.2. The average Bonchev–Trinajstić information content (AvgIpc) is 2.71. The molecule has 0 saturated heterocycles. The van der Waals surface area contributed by atoms with Gasteiger partial charge in [-0.2, -0.15) is 0 Å². The first-order valence-corrected chi connectivity index (χ1v) is 9.30. The number of hydrogen-bond donors (Lipinski definition) is 0. The second kappa shape index (κ2) is 5.28. The van der Waals surface area contributed by atoms with Crippen LogP contribution >= 0.6 is 0 Å². The maximum Gasteiger partial charge on any atom is 0.167 e. The lowest BCUT2D eigenvalue weighted by atomic mass is 9.90. The average molecular weight is 344 g/mol. The molecule has 0 amide bonds. The molecule has 0 spiro atoms. The Morgan fingerprint density at radius 3 is 2.04 bits per heavy atom. The van der Waals surface area contributed by atoms with E-state index < -0.39 is 0 Å². The Balaban J connectivity index is 1.75. The van der Waals surface area contributed by atoms with Crippen molar-refractivity contribution in [2.24, 2.45) is 0 Å². The molecule has 0 bridgehead atoms. The van der Waals surface area contributed by atoms with Crippen molar-refractivity contribution >= 4 is 54.9 Å². The SMILES string of the molecule is O=C1CC=Cc2cc3c(ccc4c5cc6ccccc6cc5ccc34)cc21. The molecule has 1 aliphatic carbocycles. The predicted octanol–water partition coefficient (Wildman–Crippen LogP) is 6.90. The summed E-state index contributed by atoms with van der Waals surface area (Å²) in [6.07, 6.45) is 4.54. The topological polar surface area (TPSA) is 17.1 Å². The third-order valence-electron chi connectivity index (χ3n) is 5.77. The molecule has 6 rings (SSSR count). The molecule has 1 heteroatoms. The van der Waals surface area contributed by atoms with Crippen LogP contribution in [0, 0.1) is 0 Å². The van der Waals surface area contributed by atoms with Crippen LogP contribution in [0.15, 0.2) is 78.9 Å². The fourth-order valence-corrected chi connectivity index (χ4v) is 4.41. The second-order valence-corrected chi connectivity index (χ2v) is 7.34. The Morgan fingerprint density at radius 1 is 0.593 bits per heavy atom. The Bertz CT molecular complexity index is 1450. The van der Waals surface area contributed by atoms with E-state index in [1.165, 1.54) is 37.7 Å². The third-order valence-corrected chi connectivity index (χ3v) is 5.77. The smallest absolute Gasteiger partial charge is 0.167 e. The molecule has 5 aromatic carbocycles. The summed E-state index contributed by atoms with van der Waals surface area (Å²) in [6, 6.07) is 26.1. The molecule has 0 atom stereocenters. The van der Waals surface area contributed by atoms with Crippen LogP contribution < -0.4 is 0 Å². The van der Waals surface area contributed by atoms with Crippen molar-refractivity contribution in [1.82, 2.24) is 0 Å². The molecule has 0 fully saturated rings. The fraction of sp³-hybridized carbons (Fsp3) is 0.0385. The van der Waals surface area contributed by atoms with Gasteiger partial charge < -0.3 is 0 Å². The van der Waals surface area contributed by atoms with Gasteiger partial charge in [-0.3, -0.25) is 4.79 Å². The zero-order chi connectivity index (χ0) is 18.0. The van der Waals surface area contributed by atoms with E-state index in [1.807, 2.05) is 6.08 Å². The lowest BCUT2D eigenvalue weighted by Crippen LogP contribution is -2.04. The van der Waals surface area contributed by atoms with Gasteiger partial charge in [-0.25, -0.2) is 0 Å². The normalized spacial score (nSPS) is 13.7. The van der Waals surface area contributed by atoms with Crippen LogP contribution in [0.3, 0.4) is 0 Å². The number of carbonyl (C=O) groups is 1. The van der Waals surface area contributed by atoms with Gasteiger partial charge in [0.15, 0.2) is 5.78 Å². The first-order valence-electron chi connectivity index (χ1n) is 9.30. The molecular formula is C26H16O. The number of ketones is 1. The van der Waals surface area contributed by atoms with Gasteiger partial charge in [0.2, 0.25) is 0 Å². The molecule has 1 aliphatic rings. The molecule has 0 unspecified atom stereocenters. The first kappa shape index (κ1) is 14.7. The first-order chi connectivity index (χ1) is 13.3. The predicted molar refractivity (Wildman–Crippen MR) is 114 cm³/mol. The minimum atomic E-state index is 0.208. The van der Waals surface area contributed by atoms with Gasteiger partial charge in [0, 0.05) is 12.0 Å². The highest BCUT2D eigenvalue weighted by Gasteiger charge is 2.15. The number of Topliss-reactive ketones (excluding diaryl/α,β-unsaturated/α-hetero) is 1. The fourth-order valence-electron chi connectivity index (χ4n) is 4.41. The molecule has 1 nitrogen and oxygen atoms in total. The van der Waals surface area contributed by atoms with Gasteiger partial charge in [-0.15, -0.1) is 0 Å². The van der Waals surface area contributed by atoms with Gasteiger partial charge in [-0.05, 0) is 72.9 Å². The van der Waals surface area contributed by atoms with Crippen LogP contribution in [0.4, 0.5) is 0 Å². The van der Waals surface area contributed by atoms with Crippen molar-refractivity contribution in [2.45, 2.75) is 6.42 Å². The van der Waals surface area contributed by atoms with Crippen molar-refractivity contribution < 1.29 is 4.79 Å². The van der Waals surface area contributed by atoms with E-state index in [9.17, 15) is 4.79 Å². The molecule has 126 valence electrons. The van der Waals surface area contributed by atoms with Crippen LogP contribution in [0.2, 0.25) is 0 Å². The minimum Gasteiger partial charge on any atom is -0.294 e. The highest BCUT2D eigenvalue weighted by molar-refractivity contribution is 6.20. The van der Waals surface area contributed by atoms with Crippen molar-refractivity contribution in [2.75, 3.05) is 0 Å². The van der Waals surface area contributed by atoms with E-state index >= 15 is 0 Å². The van der Waals surface area contributed by atoms with Crippen molar-refractivity contribution in [3.63, 3.8) is 0 Å². The molecule has 0 radical (unpaired) electrons. The molecule has 0 heterocycles. The maximum atomic E-state index is 12.2. The summed E-state index contributed by atoms with van der Waals surface area (Å²) in [7, 11) is 0. The summed E-state index contributed by atoms with van der Waals surface area (Å²) in [6.45, 7) is 0. The van der Waals surface area contributed by atoms with Crippen LogP contribution in [0.5, 0.6) is 0 Å². The Labute approximate surface area is 156 Å². The molecule has 0 aliphatic heterocycles. The number of fused-ring (bicyclic) bond motifs is 7. The van der Waals surface area contributed by atoms with Crippen LogP contribution in [-0.4, -0.2) is 5.78 Å². The number of rotatable bonds is 0. The summed E-state index contributed by atoms with van der Waals surface area (Å²) >= 11 is 0. The van der Waals surface area contributed by atoms with Crippen LogP contribution in [0.25, 0.3) is 49.2 Å². The van der Waals surface area contributed by atoms with E-state index in [0.717, 1.165) is 16.5 Å². The van der Waals surface area contributed by atoms with Crippen molar-refractivity contribution in [3.05, 3.63) is 90.0 Å². The number of carbonyl (C=O) groups excluding carboxylic acids is 1. The highest BCUT2D eigenvalue weighted by Crippen LogP contribution is 2.35. The summed E-state index contributed by atoms with van der Waals surface area (Å²) in [5.41, 5.74) is 1.88. The zero-order valence-corrected chi connectivity index (χ0v) is 14.7. The van der Waals surface area contributed by atoms with Gasteiger partial charge in [-0.1, -0.05) is 60.7 Å². The lowest BCUT2D eigenvalue weighted by Gasteiger charge is -2.13. The van der Waals surface area contributed by atoms with Gasteiger partial charge in [0.05, 0.1) is 0 Å². The van der Waals surface area contributed by atoms with Crippen LogP contribution in [-0.2, 0) is 0 Å². The molecule has 0 N–H and O–H groups in total. The van der Waals surface area contributed by atoms with Gasteiger partial charge in [0.1, 0.15) is 0 Å². The molecule has 0 aromatic heterocycles. The van der Waals surface area contributed by atoms with Crippen molar-refractivity contribution in [1.29, 1.82) is 0 Å². The summed E-state index contributed by atoms with van der Waals surface area (Å²) in [4.78, 5) is 12.2. The van der Waals surface area contributed by atoms with E-state index in [1.54, 1.807) is 0 Å². The summed E-state index contributed by atoms with van der Waals surface area (Å²) in [5.74, 6) is 0.208. The van der Waals surface area contributed by atoms with Crippen LogP contribution in [0.1, 0.15) is 22.3 Å². The molecular weight excluding hydrogens is 328 g/mol. The van der Waals surface area contributed by atoms with Gasteiger partial charge >= 0.3 is 0 Å². The summed E-state index contributed by atoms with van der Waals surface area (Å²) in [5, 5.41) is 9.90. The molecule has 0 saturated carbocycles. The monoisotopic (exact) mass is 344 g/mol. The number of hydrogen-bond acceptors (Lipinski definition) is 1. The van der Waals surface area contributed by atoms with E-state index in [2.05, 4.69) is 78.9 Å². The number of allylic oxidation sites excluding steroid dienone is 1. The van der Waals surface area contributed by atoms with E-state index in [0.29, 0.717) is 6.42 Å². The second-order valence-electron chi connectivity index (χ2n) is 7.34. The molecule has 27 heavy (non-hydrogen) atoms. The zero-order valence-electron chi connectivity index (χ0n) is 14.7. The largest absolute Gasteiger partial charge is 0.294 e. The third kappa shape index (κ3) is 2.09. The summed E-state index contributed by atoms with van der Waals surface area (Å²) < 4.78 is 0. The highest BCUT2D eigenvalue weighted by atomic mass is 16.1. The Hall–Kier alpha value is -3.45. The molecule has 5 aromatic rings. The Morgan fingerprint density at radius 2 is 1.26 bits per heavy atom. The van der Waals surface area contributed by atoms with Crippen molar-refractivity contribution in [3.8, 4) is 0 Å². The Kier molecular flexibility index (Phi) is 2.87. The van der Waals surface area contributed by atoms with Gasteiger partial charge in [0.25, 0.3) is 0 Å². The van der Waals surface area contributed by atoms with E-state index in [4.69, 9.17) is 0 Å². The standard InChI is InChI=1S/C26H16O/c27-26-7-3-6-18-14-24-20(15-25(18)26)9-11-21-22(24)10-8-19-12-16-4-1-2-5-17(16)13-23(19)21/h1-6,8-15H,7H2. The van der Waals surface area contributed by atoms with E-state index in [-0.39, 0.29) is 5.78 Å². The number of benzene rings is 5. The quantitative estimate of drug-likeness (QED) is 0.221. The lowest BCUT2D eigenvalue weighted by molar-refractivity contribution is 0.0994. The minimum absolute atomic E-state index is 0.208.